The number of aromatic nitrogens is 1. The fraction of sp³-hybridized carbons (Fsp3) is 0.136. The summed E-state index contributed by atoms with van der Waals surface area (Å²) >= 11 is 0. The molecule has 0 saturated carbocycles. The highest BCUT2D eigenvalue weighted by Gasteiger charge is 2.31. The summed E-state index contributed by atoms with van der Waals surface area (Å²) in [6.45, 7) is 0.644. The zero-order valence-corrected chi connectivity index (χ0v) is 16.4. The molecule has 3 aromatic rings. The van der Waals surface area contributed by atoms with E-state index in [1.807, 2.05) is 0 Å². The van der Waals surface area contributed by atoms with Crippen LogP contribution in [-0.4, -0.2) is 36.5 Å². The zero-order valence-electron chi connectivity index (χ0n) is 16.4. The first-order valence-electron chi connectivity index (χ1n) is 9.46. The van der Waals surface area contributed by atoms with Crippen molar-refractivity contribution >= 4 is 23.4 Å². The van der Waals surface area contributed by atoms with Gasteiger partial charge in [0.2, 0.25) is 0 Å². The Bertz CT molecular complexity index is 1140. The first-order valence-corrected chi connectivity index (χ1v) is 9.46. The molecule has 0 aliphatic carbocycles. The predicted molar refractivity (Wildman–Crippen MR) is 109 cm³/mol. The Morgan fingerprint density at radius 2 is 1.91 bits per heavy atom. The van der Waals surface area contributed by atoms with E-state index in [2.05, 4.69) is 15.0 Å². The summed E-state index contributed by atoms with van der Waals surface area (Å²) in [6.07, 6.45) is -2.05. The van der Waals surface area contributed by atoms with Crippen LogP contribution < -0.4 is 15.0 Å². The number of hydrogen-bond donors (Lipinski definition) is 1. The van der Waals surface area contributed by atoms with Gasteiger partial charge in [0, 0.05) is 34.8 Å². The van der Waals surface area contributed by atoms with Gasteiger partial charge in [-0.1, -0.05) is 6.07 Å². The maximum atomic E-state index is 12.8. The summed E-state index contributed by atoms with van der Waals surface area (Å²) in [5.41, 5.74) is 2.46. The van der Waals surface area contributed by atoms with Crippen molar-refractivity contribution in [1.82, 2.24) is 4.98 Å². The minimum Gasteiger partial charge on any atom is -0.447 e. The second-order valence-corrected chi connectivity index (χ2v) is 6.77. The predicted octanol–water partition coefficient (Wildman–Crippen LogP) is 4.86. The molecular formula is C22H16F3N3O4. The fourth-order valence-corrected chi connectivity index (χ4v) is 3.22. The van der Waals surface area contributed by atoms with Crippen LogP contribution in [0.5, 0.6) is 5.75 Å². The van der Waals surface area contributed by atoms with Crippen molar-refractivity contribution in [2.45, 2.75) is 6.36 Å². The zero-order chi connectivity index (χ0) is 22.7. The molecule has 1 N–H and O–H groups in total. The number of ether oxygens (including phenoxy) is 2. The van der Waals surface area contributed by atoms with Crippen LogP contribution in [-0.2, 0) is 4.74 Å². The smallest absolute Gasteiger partial charge is 0.447 e. The van der Waals surface area contributed by atoms with Gasteiger partial charge in [-0.25, -0.2) is 4.79 Å². The molecule has 2 aromatic carbocycles. The Hall–Kier alpha value is -4.08. The third-order valence-electron chi connectivity index (χ3n) is 4.63. The average molecular weight is 443 g/mol. The quantitative estimate of drug-likeness (QED) is 0.610. The average Bonchev–Trinajstić information content (AvgIpc) is 3.20. The molecule has 10 heteroatoms. The van der Waals surface area contributed by atoms with Gasteiger partial charge >= 0.3 is 12.5 Å². The van der Waals surface area contributed by atoms with Crippen LogP contribution in [0.4, 0.5) is 29.3 Å². The highest BCUT2D eigenvalue weighted by Crippen LogP contribution is 2.33. The van der Waals surface area contributed by atoms with Crippen molar-refractivity contribution < 1.29 is 32.2 Å². The van der Waals surface area contributed by atoms with Crippen LogP contribution in [0.2, 0.25) is 0 Å². The molecule has 1 saturated heterocycles. The molecule has 0 spiro atoms. The van der Waals surface area contributed by atoms with E-state index in [4.69, 9.17) is 4.74 Å². The lowest BCUT2D eigenvalue weighted by atomic mass is 10.0. The molecule has 2 amide bonds. The molecule has 4 rings (SSSR count). The molecule has 164 valence electrons. The van der Waals surface area contributed by atoms with E-state index in [0.29, 0.717) is 29.0 Å². The number of carbonyl (C=O) groups excluding carboxylic acids is 2. The van der Waals surface area contributed by atoms with Crippen LogP contribution in [0.15, 0.2) is 67.0 Å². The summed E-state index contributed by atoms with van der Waals surface area (Å²) in [5, 5.41) is 2.63. The van der Waals surface area contributed by atoms with Crippen molar-refractivity contribution in [3.63, 3.8) is 0 Å². The molecule has 1 aliphatic rings. The van der Waals surface area contributed by atoms with Gasteiger partial charge in [0.05, 0.1) is 12.2 Å². The van der Waals surface area contributed by atoms with Gasteiger partial charge in [-0.05, 0) is 48.5 Å². The lowest BCUT2D eigenvalue weighted by Gasteiger charge is -2.18. The van der Waals surface area contributed by atoms with Gasteiger partial charge < -0.3 is 14.8 Å². The number of cyclic esters (lactones) is 1. The molecule has 0 unspecified atom stereocenters. The molecule has 32 heavy (non-hydrogen) atoms. The summed E-state index contributed by atoms with van der Waals surface area (Å²) in [4.78, 5) is 30.4. The minimum absolute atomic E-state index is 0.265. The van der Waals surface area contributed by atoms with Gasteiger partial charge in [-0.15, -0.1) is 13.2 Å². The molecule has 1 aliphatic heterocycles. The molecule has 1 aromatic heterocycles. The van der Waals surface area contributed by atoms with E-state index >= 15 is 0 Å². The topological polar surface area (TPSA) is 80.8 Å². The van der Waals surface area contributed by atoms with Crippen molar-refractivity contribution in [1.29, 1.82) is 0 Å². The monoisotopic (exact) mass is 443 g/mol. The Balaban J connectivity index is 1.59. The second kappa shape index (κ2) is 8.58. The second-order valence-electron chi connectivity index (χ2n) is 6.77. The third-order valence-corrected chi connectivity index (χ3v) is 4.63. The molecule has 2 heterocycles. The van der Waals surface area contributed by atoms with Crippen LogP contribution in [0, 0.1) is 0 Å². The number of rotatable bonds is 5. The number of benzene rings is 2. The molecule has 0 atom stereocenters. The Morgan fingerprint density at radius 3 is 2.53 bits per heavy atom. The van der Waals surface area contributed by atoms with E-state index in [1.165, 1.54) is 17.0 Å². The van der Waals surface area contributed by atoms with Gasteiger partial charge in [-0.2, -0.15) is 0 Å². The standard InChI is InChI=1S/C22H16F3N3O4/c23-22(24,25)32-17-6-4-16(5-7-17)27-20(29)14-3-8-19(28-10-11-31-21(28)30)18(12-14)15-2-1-9-26-13-15/h1-9,12-13H,10-11H2,(H,27,29). The minimum atomic E-state index is -4.79. The van der Waals surface area contributed by atoms with Crippen LogP contribution >= 0.6 is 0 Å². The van der Waals surface area contributed by atoms with Crippen molar-refractivity contribution in [3.8, 4) is 16.9 Å². The van der Waals surface area contributed by atoms with Crippen LogP contribution in [0.3, 0.4) is 0 Å². The number of nitrogens with zero attached hydrogens (tertiary/aromatic N) is 2. The summed E-state index contributed by atoms with van der Waals surface area (Å²) in [7, 11) is 0. The van der Waals surface area contributed by atoms with Crippen LogP contribution in [0.1, 0.15) is 10.4 Å². The number of amides is 2. The van der Waals surface area contributed by atoms with Crippen molar-refractivity contribution in [2.24, 2.45) is 0 Å². The highest BCUT2D eigenvalue weighted by atomic mass is 19.4. The number of hydrogen-bond acceptors (Lipinski definition) is 5. The van der Waals surface area contributed by atoms with E-state index < -0.39 is 24.1 Å². The van der Waals surface area contributed by atoms with Gasteiger partial charge in [0.1, 0.15) is 12.4 Å². The Labute approximate surface area is 180 Å². The molecule has 0 bridgehead atoms. The lowest BCUT2D eigenvalue weighted by molar-refractivity contribution is -0.274. The summed E-state index contributed by atoms with van der Waals surface area (Å²) in [6, 6.07) is 13.2. The van der Waals surface area contributed by atoms with Crippen molar-refractivity contribution in [3.05, 3.63) is 72.6 Å². The number of alkyl halides is 3. The number of anilines is 2. The number of pyridine rings is 1. The van der Waals surface area contributed by atoms with Gasteiger partial charge in [0.15, 0.2) is 0 Å². The maximum absolute atomic E-state index is 12.8. The summed E-state index contributed by atoms with van der Waals surface area (Å²) in [5.74, 6) is -0.869. The van der Waals surface area contributed by atoms with E-state index in [1.54, 1.807) is 42.7 Å². The van der Waals surface area contributed by atoms with E-state index in [0.717, 1.165) is 12.1 Å². The number of carbonyl (C=O) groups is 2. The molecule has 1 fully saturated rings. The Kier molecular flexibility index (Phi) is 5.67. The molecule has 7 nitrogen and oxygen atoms in total. The largest absolute Gasteiger partial charge is 0.573 e. The van der Waals surface area contributed by atoms with Crippen molar-refractivity contribution in [2.75, 3.05) is 23.4 Å². The lowest BCUT2D eigenvalue weighted by Crippen LogP contribution is -2.24. The summed E-state index contributed by atoms with van der Waals surface area (Å²) < 4.78 is 45.7. The van der Waals surface area contributed by atoms with E-state index in [-0.39, 0.29) is 12.2 Å². The van der Waals surface area contributed by atoms with Crippen LogP contribution in [0.25, 0.3) is 11.1 Å². The third kappa shape index (κ3) is 4.80. The Morgan fingerprint density at radius 1 is 1.12 bits per heavy atom. The number of nitrogens with one attached hydrogen (secondary N) is 1. The highest BCUT2D eigenvalue weighted by molar-refractivity contribution is 6.06. The van der Waals surface area contributed by atoms with Gasteiger partial charge in [-0.3, -0.25) is 14.7 Å². The molecule has 0 radical (unpaired) electrons. The molecular weight excluding hydrogens is 427 g/mol. The normalized spacial score (nSPS) is 13.6. The fourth-order valence-electron chi connectivity index (χ4n) is 3.22. The first-order chi connectivity index (χ1) is 15.3. The maximum Gasteiger partial charge on any atom is 0.573 e. The van der Waals surface area contributed by atoms with E-state index in [9.17, 15) is 22.8 Å². The first kappa shape index (κ1) is 21.2. The van der Waals surface area contributed by atoms with Gasteiger partial charge in [0.25, 0.3) is 5.91 Å². The SMILES string of the molecule is O=C(Nc1ccc(OC(F)(F)F)cc1)c1ccc(N2CCOC2=O)c(-c2cccnc2)c1. The number of halogens is 3.